The molecule has 0 spiro atoms. The van der Waals surface area contributed by atoms with E-state index < -0.39 is 65.7 Å². The maximum Gasteiger partial charge on any atom is 0.329 e. The zero-order valence-corrected chi connectivity index (χ0v) is 42.7. The lowest BCUT2D eigenvalue weighted by atomic mass is 9.78. The molecule has 2 saturated heterocycles. The summed E-state index contributed by atoms with van der Waals surface area (Å²) in [5.74, 6) is -7.43. The maximum atomic E-state index is 14.5. The number of amides is 1. The van der Waals surface area contributed by atoms with E-state index in [4.69, 9.17) is 28.4 Å². The molecule has 0 aromatic rings. The van der Waals surface area contributed by atoms with E-state index in [0.29, 0.717) is 44.9 Å². The van der Waals surface area contributed by atoms with Crippen LogP contribution < -0.4 is 0 Å². The van der Waals surface area contributed by atoms with Gasteiger partial charge in [0.25, 0.3) is 11.7 Å². The number of nitrogens with zero attached hydrogens (tertiary/aromatic N) is 1. The molecule has 2 N–H and O–H groups in total. The number of Topliss-reactive ketones (excluding diaryl/α,β-unsaturated/α-hetero) is 3. The van der Waals surface area contributed by atoms with Crippen molar-refractivity contribution in [3.05, 3.63) is 54.7 Å². The molecule has 1 amide bonds. The zero-order chi connectivity index (χ0) is 50.3. The Bertz CT molecular complexity index is 1810. The predicted octanol–water partition coefficient (Wildman–Crippen LogP) is 7.63. The van der Waals surface area contributed by atoms with Gasteiger partial charge in [0.1, 0.15) is 24.0 Å². The fourth-order valence-corrected chi connectivity index (χ4v) is 10.6. The van der Waals surface area contributed by atoms with Crippen molar-refractivity contribution in [2.75, 3.05) is 34.0 Å². The van der Waals surface area contributed by atoms with Gasteiger partial charge < -0.3 is 43.5 Å². The summed E-state index contributed by atoms with van der Waals surface area (Å²) in [6.07, 6.45) is 14.3. The van der Waals surface area contributed by atoms with Gasteiger partial charge in [-0.3, -0.25) is 19.2 Å². The number of ketones is 3. The van der Waals surface area contributed by atoms with Crippen LogP contribution in [0.4, 0.5) is 0 Å². The Labute approximate surface area is 406 Å². The van der Waals surface area contributed by atoms with Crippen molar-refractivity contribution in [1.29, 1.82) is 0 Å². The number of carbonyl (C=O) groups excluding carboxylic acids is 5. The van der Waals surface area contributed by atoms with Crippen LogP contribution in [0.15, 0.2) is 47.6 Å². The molecule has 68 heavy (non-hydrogen) atoms. The largest absolute Gasteiger partial charge is 0.460 e. The highest BCUT2D eigenvalue weighted by atomic mass is 16.6. The molecule has 0 aromatic heterocycles. The first-order chi connectivity index (χ1) is 32.3. The molecule has 1 unspecified atom stereocenters. The minimum Gasteiger partial charge on any atom is -0.460 e. The molecular formula is C54H84NO13. The summed E-state index contributed by atoms with van der Waals surface area (Å²) in [4.78, 5) is 72.4. The van der Waals surface area contributed by atoms with Gasteiger partial charge in [-0.15, -0.1) is 0 Å². The molecule has 15 atom stereocenters. The van der Waals surface area contributed by atoms with Crippen LogP contribution in [-0.2, 0) is 52.4 Å². The Kier molecular flexibility index (Phi) is 23.0. The lowest BCUT2D eigenvalue weighted by Crippen LogP contribution is -2.61. The molecule has 0 aromatic carbocycles. The van der Waals surface area contributed by atoms with E-state index in [-0.39, 0.29) is 92.4 Å². The van der Waals surface area contributed by atoms with Crippen LogP contribution in [0.2, 0.25) is 0 Å². The number of piperidine rings is 1. The van der Waals surface area contributed by atoms with Crippen molar-refractivity contribution in [3.8, 4) is 0 Å². The van der Waals surface area contributed by atoms with Crippen LogP contribution in [0.5, 0.6) is 0 Å². The van der Waals surface area contributed by atoms with Gasteiger partial charge in [0.05, 0.1) is 44.7 Å². The number of aliphatic hydroxyl groups excluding tert-OH is 1. The van der Waals surface area contributed by atoms with Crippen molar-refractivity contribution in [1.82, 2.24) is 4.90 Å². The summed E-state index contributed by atoms with van der Waals surface area (Å²) in [6, 6.07) is -1.12. The van der Waals surface area contributed by atoms with Crippen LogP contribution in [-0.4, -0.2) is 127 Å². The molecule has 2 bridgehead atoms. The highest BCUT2D eigenvalue weighted by molar-refractivity contribution is 6.39. The molecule has 14 nitrogen and oxygen atoms in total. The summed E-state index contributed by atoms with van der Waals surface area (Å²) in [7, 11) is 6.86. The minimum atomic E-state index is -2.44. The maximum absolute atomic E-state index is 14.5. The molecule has 3 heterocycles. The summed E-state index contributed by atoms with van der Waals surface area (Å²) >= 11 is 0. The van der Waals surface area contributed by atoms with Gasteiger partial charge in [0, 0.05) is 57.3 Å². The average molecular weight is 955 g/mol. The normalized spacial score (nSPS) is 39.2. The predicted molar refractivity (Wildman–Crippen MR) is 259 cm³/mol. The van der Waals surface area contributed by atoms with Gasteiger partial charge in [-0.05, 0) is 101 Å². The van der Waals surface area contributed by atoms with Gasteiger partial charge in [-0.1, -0.05) is 83.6 Å². The standard InChI is InChI=1S/C54H84NO13/c1-33-17-13-12-14-18-34(2)46(63-9)31-42-22-20-39(7)54(62,68-42)51(59)52(60)55-24-16-15-19-43(55)53(61)67-47(37(5)29-41-21-23-45(66-26-25-56)48(30-41)64-10)32-44(57)36(4)28-35(3)40(8)50(65-11)49(58)38(6)27-33/h12-14,17-18,28,33,36-43,45-48,50,56,62H,9,15-16,19-27,29-32H2,1-8,10-11H3/b14-12+,17-13+,34-18+,35-28+/t33-,36-,37-,38-,39-,40-,41+,42+,43+,45-,46+,47?,48-,50-,54-/m1/s1. The lowest BCUT2D eigenvalue weighted by molar-refractivity contribution is -0.265. The molecule has 3 fully saturated rings. The molecule has 383 valence electrons. The van der Waals surface area contributed by atoms with Crippen LogP contribution >= 0.6 is 0 Å². The van der Waals surface area contributed by atoms with Crippen molar-refractivity contribution >= 4 is 29.2 Å². The monoisotopic (exact) mass is 955 g/mol. The van der Waals surface area contributed by atoms with E-state index in [1.54, 1.807) is 21.0 Å². The topological polar surface area (TPSA) is 184 Å². The van der Waals surface area contributed by atoms with Crippen molar-refractivity contribution in [2.45, 2.75) is 181 Å². The third kappa shape index (κ3) is 15.3. The number of fused-ring (bicyclic) bond motifs is 3. The van der Waals surface area contributed by atoms with Crippen molar-refractivity contribution in [3.63, 3.8) is 0 Å². The smallest absolute Gasteiger partial charge is 0.329 e. The van der Waals surface area contributed by atoms with Gasteiger partial charge >= 0.3 is 5.97 Å². The Morgan fingerprint density at radius 3 is 2.29 bits per heavy atom. The van der Waals surface area contributed by atoms with Crippen LogP contribution in [0.1, 0.15) is 132 Å². The minimum absolute atomic E-state index is 0.0125. The van der Waals surface area contributed by atoms with E-state index >= 15 is 0 Å². The fraction of sp³-hybridized carbons (Fsp3) is 0.741. The number of hydrogen-bond donors (Lipinski definition) is 2. The highest BCUT2D eigenvalue weighted by Gasteiger charge is 2.53. The zero-order valence-electron chi connectivity index (χ0n) is 42.7. The molecule has 1 radical (unpaired) electrons. The van der Waals surface area contributed by atoms with E-state index in [2.05, 4.69) is 14.0 Å². The number of hydrogen-bond acceptors (Lipinski definition) is 13. The van der Waals surface area contributed by atoms with E-state index in [0.717, 1.165) is 24.0 Å². The van der Waals surface area contributed by atoms with E-state index in [1.807, 2.05) is 71.1 Å². The number of aliphatic hydroxyl groups is 2. The summed E-state index contributed by atoms with van der Waals surface area (Å²) in [5, 5.41) is 21.3. The first-order valence-corrected chi connectivity index (χ1v) is 25.2. The van der Waals surface area contributed by atoms with Crippen molar-refractivity contribution < 1.29 is 62.6 Å². The number of allylic oxidation sites excluding steroid dienone is 6. The van der Waals surface area contributed by atoms with E-state index in [1.165, 1.54) is 12.0 Å². The Balaban J connectivity index is 1.70. The molecule has 4 rings (SSSR count). The second kappa shape index (κ2) is 27.3. The van der Waals surface area contributed by atoms with Crippen LogP contribution in [0.25, 0.3) is 0 Å². The van der Waals surface area contributed by atoms with Crippen molar-refractivity contribution in [2.24, 2.45) is 41.4 Å². The lowest BCUT2D eigenvalue weighted by Gasteiger charge is -2.42. The molecule has 1 saturated carbocycles. The Morgan fingerprint density at radius 1 is 0.882 bits per heavy atom. The number of methoxy groups -OCH3 is 2. The average Bonchev–Trinajstić information content (AvgIpc) is 3.32. The van der Waals surface area contributed by atoms with Gasteiger partial charge in [-0.2, -0.15) is 0 Å². The van der Waals surface area contributed by atoms with Crippen LogP contribution in [0, 0.1) is 48.5 Å². The first kappa shape index (κ1) is 57.2. The quantitative estimate of drug-likeness (QED) is 0.131. The third-order valence-corrected chi connectivity index (χ3v) is 15.2. The molecular weight excluding hydrogens is 871 g/mol. The van der Waals surface area contributed by atoms with Gasteiger partial charge in [0.15, 0.2) is 5.78 Å². The van der Waals surface area contributed by atoms with E-state index in [9.17, 15) is 34.2 Å². The van der Waals surface area contributed by atoms with Gasteiger partial charge in [0.2, 0.25) is 5.79 Å². The molecule has 1 aliphatic carbocycles. The second-order valence-corrected chi connectivity index (χ2v) is 20.4. The van der Waals surface area contributed by atoms with Crippen LogP contribution in [0.3, 0.4) is 0 Å². The third-order valence-electron chi connectivity index (χ3n) is 15.2. The SMILES string of the molecule is [CH2]O[C@H]1C[C@@H]2CC[C@@H](C)[C@@](O)(O2)C(=O)C(=O)N2CCCC[C@H]2C(=O)OC([C@H](C)C[C@@H]2CC[C@@H](OCCO)[C@H](OC)C2)CC(=O)[C@H](C)/C=C(\C)[C@@H](C)[C@@H](OC)C(=O)[C@H](C)C[C@H](C)/C=C/C=C/C=C/1C. The fourth-order valence-electron chi connectivity index (χ4n) is 10.6. The molecule has 14 heteroatoms. The number of cyclic esters (lactones) is 1. The van der Waals surface area contributed by atoms with Gasteiger partial charge in [-0.25, -0.2) is 4.79 Å². The Hall–Kier alpha value is -3.37. The number of ether oxygens (including phenoxy) is 6. The number of esters is 1. The summed E-state index contributed by atoms with van der Waals surface area (Å²) in [6.45, 7) is 15.4. The second-order valence-electron chi connectivity index (χ2n) is 20.4. The first-order valence-electron chi connectivity index (χ1n) is 25.2. The number of carbonyl (C=O) groups is 5. The summed E-state index contributed by atoms with van der Waals surface area (Å²) < 4.78 is 35.6. The molecule has 4 aliphatic rings. The Morgan fingerprint density at radius 2 is 1.62 bits per heavy atom. The number of rotatable bonds is 9. The molecule has 3 aliphatic heterocycles. The summed E-state index contributed by atoms with van der Waals surface area (Å²) in [5.41, 5.74) is 1.67. The highest BCUT2D eigenvalue weighted by Crippen LogP contribution is 2.38.